The van der Waals surface area contributed by atoms with Gasteiger partial charge in [0.2, 0.25) is 5.91 Å². The summed E-state index contributed by atoms with van der Waals surface area (Å²) in [4.78, 5) is 14.1. The number of carbonyl (C=O) groups is 1. The Morgan fingerprint density at radius 1 is 1.29 bits per heavy atom. The zero-order valence-electron chi connectivity index (χ0n) is 13.7. The van der Waals surface area contributed by atoms with Gasteiger partial charge in [0.15, 0.2) is 0 Å². The van der Waals surface area contributed by atoms with Crippen molar-refractivity contribution in [1.29, 1.82) is 0 Å². The molecule has 0 spiro atoms. The van der Waals surface area contributed by atoms with E-state index in [0.717, 1.165) is 45.1 Å². The second-order valence-corrected chi connectivity index (χ2v) is 5.80. The third-order valence-electron chi connectivity index (χ3n) is 4.10. The summed E-state index contributed by atoms with van der Waals surface area (Å²) in [5.41, 5.74) is 0. The lowest BCUT2D eigenvalue weighted by Gasteiger charge is -2.25. The molecule has 1 aliphatic rings. The molecule has 1 heterocycles. The van der Waals surface area contributed by atoms with Crippen LogP contribution in [0.15, 0.2) is 0 Å². The standard InChI is InChI=1S/C15H31N3O.2ClH/c1-4-18(13(2)3)12-11-17-15(19)6-5-14-7-9-16-10-8-14;;/h13-14,16H,4-12H2,1-3H3,(H,17,19);2*1H. The van der Waals surface area contributed by atoms with Crippen molar-refractivity contribution in [3.8, 4) is 0 Å². The highest BCUT2D eigenvalue weighted by Gasteiger charge is 2.14. The van der Waals surface area contributed by atoms with Crippen LogP contribution in [0.5, 0.6) is 0 Å². The van der Waals surface area contributed by atoms with Crippen LogP contribution < -0.4 is 10.6 Å². The van der Waals surface area contributed by atoms with Gasteiger partial charge in [-0.15, -0.1) is 24.8 Å². The zero-order chi connectivity index (χ0) is 14.1. The summed E-state index contributed by atoms with van der Waals surface area (Å²) >= 11 is 0. The molecule has 1 saturated heterocycles. The van der Waals surface area contributed by atoms with Gasteiger partial charge in [-0.05, 0) is 58.7 Å². The fourth-order valence-corrected chi connectivity index (χ4v) is 2.71. The van der Waals surface area contributed by atoms with Crippen LogP contribution in [0.1, 0.15) is 46.5 Å². The van der Waals surface area contributed by atoms with E-state index in [1.807, 2.05) is 0 Å². The molecule has 0 bridgehead atoms. The van der Waals surface area contributed by atoms with Crippen LogP contribution in [-0.4, -0.2) is 49.6 Å². The summed E-state index contributed by atoms with van der Waals surface area (Å²) in [6.45, 7) is 11.6. The minimum atomic E-state index is 0. The number of rotatable bonds is 8. The lowest BCUT2D eigenvalue weighted by Crippen LogP contribution is -2.38. The van der Waals surface area contributed by atoms with Gasteiger partial charge >= 0.3 is 0 Å². The summed E-state index contributed by atoms with van der Waals surface area (Å²) in [6.07, 6.45) is 4.20. The van der Waals surface area contributed by atoms with Gasteiger partial charge in [0.05, 0.1) is 0 Å². The van der Waals surface area contributed by atoms with Crippen LogP contribution >= 0.6 is 24.8 Å². The summed E-state index contributed by atoms with van der Waals surface area (Å²) < 4.78 is 0. The minimum absolute atomic E-state index is 0. The molecule has 21 heavy (non-hydrogen) atoms. The maximum atomic E-state index is 11.8. The van der Waals surface area contributed by atoms with E-state index >= 15 is 0 Å². The molecule has 1 amide bonds. The Labute approximate surface area is 142 Å². The SMILES string of the molecule is CCN(CCNC(=O)CCC1CCNCC1)C(C)C.Cl.Cl. The third kappa shape index (κ3) is 10.3. The molecule has 0 saturated carbocycles. The number of amides is 1. The average Bonchev–Trinajstić information content (AvgIpc) is 2.42. The van der Waals surface area contributed by atoms with Crippen molar-refractivity contribution in [3.05, 3.63) is 0 Å². The van der Waals surface area contributed by atoms with Gasteiger partial charge in [0.25, 0.3) is 0 Å². The van der Waals surface area contributed by atoms with E-state index < -0.39 is 0 Å². The first kappa shape index (κ1) is 23.2. The third-order valence-corrected chi connectivity index (χ3v) is 4.10. The molecular weight excluding hydrogens is 309 g/mol. The molecular formula is C15H33Cl2N3O. The highest BCUT2D eigenvalue weighted by atomic mass is 35.5. The lowest BCUT2D eigenvalue weighted by molar-refractivity contribution is -0.121. The molecule has 4 nitrogen and oxygen atoms in total. The Morgan fingerprint density at radius 3 is 2.43 bits per heavy atom. The second-order valence-electron chi connectivity index (χ2n) is 5.80. The number of hydrogen-bond donors (Lipinski definition) is 2. The van der Waals surface area contributed by atoms with Gasteiger partial charge in [0, 0.05) is 25.6 Å². The number of likely N-dealkylation sites (N-methyl/N-ethyl adjacent to an activating group) is 1. The molecule has 1 fully saturated rings. The Kier molecular flexibility index (Phi) is 15.1. The van der Waals surface area contributed by atoms with Gasteiger partial charge in [0.1, 0.15) is 0 Å². The number of nitrogens with one attached hydrogen (secondary N) is 2. The monoisotopic (exact) mass is 341 g/mol. The minimum Gasteiger partial charge on any atom is -0.355 e. The van der Waals surface area contributed by atoms with Crippen LogP contribution in [0.4, 0.5) is 0 Å². The predicted octanol–water partition coefficient (Wildman–Crippen LogP) is 2.46. The van der Waals surface area contributed by atoms with Crippen molar-refractivity contribution >= 4 is 30.7 Å². The van der Waals surface area contributed by atoms with Crippen LogP contribution in [-0.2, 0) is 4.79 Å². The molecule has 0 aliphatic carbocycles. The van der Waals surface area contributed by atoms with Crippen molar-refractivity contribution in [2.24, 2.45) is 5.92 Å². The second kappa shape index (κ2) is 13.6. The molecule has 1 rings (SSSR count). The molecule has 0 radical (unpaired) electrons. The summed E-state index contributed by atoms with van der Waals surface area (Å²) in [6, 6.07) is 0.552. The van der Waals surface area contributed by atoms with E-state index in [-0.39, 0.29) is 30.7 Å². The molecule has 0 unspecified atom stereocenters. The quantitative estimate of drug-likeness (QED) is 0.712. The molecule has 128 valence electrons. The summed E-state index contributed by atoms with van der Waals surface area (Å²) in [7, 11) is 0. The highest BCUT2D eigenvalue weighted by Crippen LogP contribution is 2.17. The predicted molar refractivity (Wildman–Crippen MR) is 94.7 cm³/mol. The summed E-state index contributed by atoms with van der Waals surface area (Å²) in [5, 5.41) is 6.41. The topological polar surface area (TPSA) is 44.4 Å². The first-order chi connectivity index (χ1) is 9.13. The number of hydrogen-bond acceptors (Lipinski definition) is 3. The average molecular weight is 342 g/mol. The number of piperidine rings is 1. The fraction of sp³-hybridized carbons (Fsp3) is 0.933. The van der Waals surface area contributed by atoms with Gasteiger partial charge in [-0.25, -0.2) is 0 Å². The van der Waals surface area contributed by atoms with Crippen LogP contribution in [0, 0.1) is 5.92 Å². The van der Waals surface area contributed by atoms with Crippen molar-refractivity contribution < 1.29 is 4.79 Å². The van der Waals surface area contributed by atoms with Gasteiger partial charge in [-0.3, -0.25) is 9.69 Å². The molecule has 6 heteroatoms. The maximum Gasteiger partial charge on any atom is 0.220 e. The van der Waals surface area contributed by atoms with E-state index in [2.05, 4.69) is 36.3 Å². The number of halogens is 2. The van der Waals surface area contributed by atoms with E-state index in [1.54, 1.807) is 0 Å². The molecule has 2 N–H and O–H groups in total. The van der Waals surface area contributed by atoms with Crippen molar-refractivity contribution in [3.63, 3.8) is 0 Å². The highest BCUT2D eigenvalue weighted by molar-refractivity contribution is 5.85. The molecule has 0 aromatic rings. The Bertz CT molecular complexity index is 259. The van der Waals surface area contributed by atoms with Gasteiger partial charge in [-0.1, -0.05) is 6.92 Å². The van der Waals surface area contributed by atoms with Crippen molar-refractivity contribution in [2.45, 2.75) is 52.5 Å². The van der Waals surface area contributed by atoms with E-state index in [9.17, 15) is 4.79 Å². The number of carbonyl (C=O) groups excluding carboxylic acids is 1. The van der Waals surface area contributed by atoms with Crippen LogP contribution in [0.25, 0.3) is 0 Å². The first-order valence-corrected chi connectivity index (χ1v) is 7.85. The van der Waals surface area contributed by atoms with Crippen molar-refractivity contribution in [1.82, 2.24) is 15.5 Å². The van der Waals surface area contributed by atoms with E-state index in [4.69, 9.17) is 0 Å². The molecule has 0 atom stereocenters. The Balaban J connectivity index is 0. The zero-order valence-corrected chi connectivity index (χ0v) is 15.3. The normalized spacial score (nSPS) is 15.5. The van der Waals surface area contributed by atoms with Gasteiger partial charge in [-0.2, -0.15) is 0 Å². The van der Waals surface area contributed by atoms with Crippen molar-refractivity contribution in [2.75, 3.05) is 32.7 Å². The largest absolute Gasteiger partial charge is 0.355 e. The maximum absolute atomic E-state index is 11.8. The van der Waals surface area contributed by atoms with E-state index in [1.165, 1.54) is 12.8 Å². The summed E-state index contributed by atoms with van der Waals surface area (Å²) in [5.74, 6) is 0.966. The molecule has 0 aromatic heterocycles. The van der Waals surface area contributed by atoms with Gasteiger partial charge < -0.3 is 10.6 Å². The van der Waals surface area contributed by atoms with Crippen LogP contribution in [0.2, 0.25) is 0 Å². The smallest absolute Gasteiger partial charge is 0.220 e. The number of nitrogens with zero attached hydrogens (tertiary/aromatic N) is 1. The molecule has 0 aromatic carbocycles. The molecule has 1 aliphatic heterocycles. The first-order valence-electron chi connectivity index (χ1n) is 7.85. The van der Waals surface area contributed by atoms with E-state index in [0.29, 0.717) is 12.5 Å². The fourth-order valence-electron chi connectivity index (χ4n) is 2.71. The Morgan fingerprint density at radius 2 is 1.90 bits per heavy atom. The lowest BCUT2D eigenvalue weighted by atomic mass is 9.93. The van der Waals surface area contributed by atoms with Crippen LogP contribution in [0.3, 0.4) is 0 Å². The Hall–Kier alpha value is -0.0300.